The van der Waals surface area contributed by atoms with Crippen molar-refractivity contribution in [2.45, 2.75) is 97.6 Å². The van der Waals surface area contributed by atoms with E-state index in [0.717, 1.165) is 50.1 Å². The van der Waals surface area contributed by atoms with Crippen LogP contribution in [0.1, 0.15) is 102 Å². The van der Waals surface area contributed by atoms with E-state index in [-0.39, 0.29) is 17.9 Å². The number of hydrogen-bond acceptors (Lipinski definition) is 5. The summed E-state index contributed by atoms with van der Waals surface area (Å²) in [6.45, 7) is 15.3. The van der Waals surface area contributed by atoms with E-state index in [2.05, 4.69) is 40.4 Å². The monoisotopic (exact) mass is 567 g/mol. The fourth-order valence-corrected chi connectivity index (χ4v) is 7.21. The molecular formula is C29H47F2N5O2S. The van der Waals surface area contributed by atoms with Gasteiger partial charge in [0, 0.05) is 50.2 Å². The largest absolute Gasteiger partial charge is 0.312 e. The summed E-state index contributed by atoms with van der Waals surface area (Å²) in [5.74, 6) is 1.33. The Bertz CT molecular complexity index is 1150. The van der Waals surface area contributed by atoms with Crippen molar-refractivity contribution in [1.82, 2.24) is 24.0 Å². The van der Waals surface area contributed by atoms with Crippen LogP contribution < -0.4 is 0 Å². The van der Waals surface area contributed by atoms with E-state index in [9.17, 15) is 17.2 Å². The highest BCUT2D eigenvalue weighted by atomic mass is 32.2. The van der Waals surface area contributed by atoms with E-state index in [1.165, 1.54) is 22.7 Å². The standard InChI is InChI=1S/C27H41F2N5O2S.C2H6/c1-18(2)27-31-30-20(4)34(27)25-8-10-32(11-9-25)19(3)14-26(22-15-23(28)17-24(29)16-22)21-6-12-33(13-7-21)37(5,35)36;1-2/h15-19,21,25-26H,6-14H2,1-5H3;1-2H3. The van der Waals surface area contributed by atoms with Crippen LogP contribution in [0.3, 0.4) is 0 Å². The number of benzene rings is 1. The molecule has 1 aromatic carbocycles. The third-order valence-electron chi connectivity index (χ3n) is 8.34. The molecule has 0 spiro atoms. The maximum Gasteiger partial charge on any atom is 0.211 e. The summed E-state index contributed by atoms with van der Waals surface area (Å²) < 4.78 is 56.3. The van der Waals surface area contributed by atoms with Gasteiger partial charge in [0.05, 0.1) is 6.26 Å². The Morgan fingerprint density at radius 2 is 1.49 bits per heavy atom. The van der Waals surface area contributed by atoms with Gasteiger partial charge in [0.25, 0.3) is 0 Å². The topological polar surface area (TPSA) is 71.3 Å². The molecule has 0 N–H and O–H groups in total. The van der Waals surface area contributed by atoms with Crippen LogP contribution in [0, 0.1) is 24.5 Å². The second-order valence-electron chi connectivity index (χ2n) is 11.3. The van der Waals surface area contributed by atoms with Gasteiger partial charge in [0.15, 0.2) is 0 Å². The minimum absolute atomic E-state index is 0.0349. The molecule has 2 saturated heterocycles. The highest BCUT2D eigenvalue weighted by Gasteiger charge is 2.34. The van der Waals surface area contributed by atoms with E-state index in [1.807, 2.05) is 20.8 Å². The Morgan fingerprint density at radius 3 is 2.00 bits per heavy atom. The summed E-state index contributed by atoms with van der Waals surface area (Å²) in [4.78, 5) is 2.49. The first-order valence-corrected chi connectivity index (χ1v) is 16.4. The van der Waals surface area contributed by atoms with Gasteiger partial charge in [-0.25, -0.2) is 21.5 Å². The zero-order chi connectivity index (χ0) is 28.9. The molecule has 2 aliphatic rings. The number of aromatic nitrogens is 3. The van der Waals surface area contributed by atoms with Crippen LogP contribution in [-0.4, -0.2) is 70.9 Å². The van der Waals surface area contributed by atoms with Gasteiger partial charge in [-0.1, -0.05) is 27.7 Å². The van der Waals surface area contributed by atoms with Crippen LogP contribution in [-0.2, 0) is 10.0 Å². The summed E-state index contributed by atoms with van der Waals surface area (Å²) in [5.41, 5.74) is 0.679. The first-order valence-electron chi connectivity index (χ1n) is 14.5. The van der Waals surface area contributed by atoms with Gasteiger partial charge in [-0.15, -0.1) is 10.2 Å². The van der Waals surface area contributed by atoms with Crippen molar-refractivity contribution < 1.29 is 17.2 Å². The number of hydrogen-bond donors (Lipinski definition) is 0. The van der Waals surface area contributed by atoms with E-state index in [1.54, 1.807) is 0 Å². The van der Waals surface area contributed by atoms with E-state index in [0.29, 0.717) is 43.5 Å². The highest BCUT2D eigenvalue weighted by molar-refractivity contribution is 7.88. The van der Waals surface area contributed by atoms with E-state index in [4.69, 9.17) is 0 Å². The molecule has 2 atom stereocenters. The average Bonchev–Trinajstić information content (AvgIpc) is 3.29. The van der Waals surface area contributed by atoms with Crippen molar-refractivity contribution in [2.24, 2.45) is 5.92 Å². The summed E-state index contributed by atoms with van der Waals surface area (Å²) in [6, 6.07) is 4.44. The van der Waals surface area contributed by atoms with Crippen molar-refractivity contribution >= 4 is 10.0 Å². The lowest BCUT2D eigenvalue weighted by Gasteiger charge is -2.41. The van der Waals surface area contributed by atoms with Crippen LogP contribution in [0.15, 0.2) is 18.2 Å². The summed E-state index contributed by atoms with van der Waals surface area (Å²) in [5, 5.41) is 8.72. The van der Waals surface area contributed by atoms with Gasteiger partial charge in [-0.3, -0.25) is 0 Å². The maximum atomic E-state index is 14.2. The Hall–Kier alpha value is -1.91. The van der Waals surface area contributed by atoms with Crippen molar-refractivity contribution in [1.29, 1.82) is 0 Å². The molecule has 3 heterocycles. The second kappa shape index (κ2) is 13.6. The lowest BCUT2D eigenvalue weighted by atomic mass is 9.77. The van der Waals surface area contributed by atoms with Crippen molar-refractivity contribution in [3.63, 3.8) is 0 Å². The molecule has 39 heavy (non-hydrogen) atoms. The zero-order valence-corrected chi connectivity index (χ0v) is 25.5. The van der Waals surface area contributed by atoms with Crippen LogP contribution in [0.4, 0.5) is 8.78 Å². The van der Waals surface area contributed by atoms with Crippen LogP contribution in [0.25, 0.3) is 0 Å². The fourth-order valence-electron chi connectivity index (χ4n) is 6.33. The van der Waals surface area contributed by atoms with Gasteiger partial charge in [-0.05, 0) is 75.5 Å². The van der Waals surface area contributed by atoms with Crippen LogP contribution >= 0.6 is 0 Å². The van der Waals surface area contributed by atoms with Crippen molar-refractivity contribution in [3.8, 4) is 0 Å². The predicted molar refractivity (Wildman–Crippen MR) is 152 cm³/mol. The van der Waals surface area contributed by atoms with Gasteiger partial charge >= 0.3 is 0 Å². The number of halogens is 2. The van der Waals surface area contributed by atoms with Gasteiger partial charge in [-0.2, -0.15) is 0 Å². The molecule has 0 saturated carbocycles. The number of sulfonamides is 1. The number of aryl methyl sites for hydroxylation is 1. The van der Waals surface area contributed by atoms with E-state index >= 15 is 0 Å². The minimum Gasteiger partial charge on any atom is -0.312 e. The molecule has 2 fully saturated rings. The summed E-state index contributed by atoms with van der Waals surface area (Å²) >= 11 is 0. The summed E-state index contributed by atoms with van der Waals surface area (Å²) in [7, 11) is -3.23. The lowest BCUT2D eigenvalue weighted by molar-refractivity contribution is 0.120. The Labute approximate surface area is 234 Å². The zero-order valence-electron chi connectivity index (χ0n) is 24.7. The van der Waals surface area contributed by atoms with Crippen molar-refractivity contribution in [3.05, 3.63) is 47.0 Å². The molecule has 2 aliphatic heterocycles. The second-order valence-corrected chi connectivity index (χ2v) is 13.3. The Kier molecular flexibility index (Phi) is 11.1. The highest BCUT2D eigenvalue weighted by Crippen LogP contribution is 2.39. The van der Waals surface area contributed by atoms with Gasteiger partial charge in [0.2, 0.25) is 10.0 Å². The average molecular weight is 568 g/mol. The molecule has 0 amide bonds. The van der Waals surface area contributed by atoms with Crippen molar-refractivity contribution in [2.75, 3.05) is 32.4 Å². The molecule has 0 bridgehead atoms. The number of likely N-dealkylation sites (tertiary alicyclic amines) is 1. The van der Waals surface area contributed by atoms with E-state index < -0.39 is 21.7 Å². The Morgan fingerprint density at radius 1 is 0.923 bits per heavy atom. The number of piperidine rings is 2. The predicted octanol–water partition coefficient (Wildman–Crippen LogP) is 5.89. The maximum absolute atomic E-state index is 14.2. The third-order valence-corrected chi connectivity index (χ3v) is 9.64. The van der Waals surface area contributed by atoms with Gasteiger partial charge in [0.1, 0.15) is 23.3 Å². The normalized spacial score (nSPS) is 20.1. The van der Waals surface area contributed by atoms with Crippen LogP contribution in [0.5, 0.6) is 0 Å². The third kappa shape index (κ3) is 7.85. The van der Waals surface area contributed by atoms with Crippen LogP contribution in [0.2, 0.25) is 0 Å². The molecule has 2 unspecified atom stereocenters. The molecular weight excluding hydrogens is 520 g/mol. The molecule has 2 aromatic rings. The molecule has 220 valence electrons. The number of rotatable bonds is 8. The van der Waals surface area contributed by atoms with Gasteiger partial charge < -0.3 is 9.47 Å². The SMILES string of the molecule is CC.Cc1nnc(C(C)C)n1C1CCN(C(C)CC(c2cc(F)cc(F)c2)C2CCN(S(C)(=O)=O)CC2)CC1. The number of nitrogens with zero attached hydrogens (tertiary/aromatic N) is 5. The molecule has 0 radical (unpaired) electrons. The first-order chi connectivity index (χ1) is 18.4. The molecule has 1 aromatic heterocycles. The smallest absolute Gasteiger partial charge is 0.211 e. The Balaban J connectivity index is 0.00000205. The summed E-state index contributed by atoms with van der Waals surface area (Å²) in [6.07, 6.45) is 5.42. The lowest BCUT2D eigenvalue weighted by Crippen LogP contribution is -2.43. The molecule has 0 aliphatic carbocycles. The fraction of sp³-hybridized carbons (Fsp3) is 0.724. The molecule has 10 heteroatoms. The minimum atomic E-state index is -3.23. The molecule has 7 nitrogen and oxygen atoms in total. The quantitative estimate of drug-likeness (QED) is 0.398. The first kappa shape index (κ1) is 31.6. The molecule has 4 rings (SSSR count).